The highest BCUT2D eigenvalue weighted by atomic mass is 16.5. The van der Waals surface area contributed by atoms with Gasteiger partial charge in [-0.1, -0.05) is 0 Å². The summed E-state index contributed by atoms with van der Waals surface area (Å²) in [5.41, 5.74) is 1.34. The van der Waals surface area contributed by atoms with Gasteiger partial charge in [0.15, 0.2) is 5.76 Å². The highest BCUT2D eigenvalue weighted by Crippen LogP contribution is 2.20. The molecule has 0 unspecified atom stereocenters. The predicted molar refractivity (Wildman–Crippen MR) is 70.5 cm³/mol. The van der Waals surface area contributed by atoms with Crippen LogP contribution in [0.3, 0.4) is 0 Å². The van der Waals surface area contributed by atoms with Gasteiger partial charge in [-0.05, 0) is 18.6 Å². The van der Waals surface area contributed by atoms with E-state index in [0.29, 0.717) is 36.9 Å². The zero-order chi connectivity index (χ0) is 13.8. The third-order valence-corrected chi connectivity index (χ3v) is 3.26. The molecule has 1 fully saturated rings. The SMILES string of the molecule is O=C(NCc1nccnc1-c1ccco1)[C@H]1CCOC1. The lowest BCUT2D eigenvalue weighted by atomic mass is 10.1. The Morgan fingerprint density at radius 3 is 3.05 bits per heavy atom. The van der Waals surface area contributed by atoms with Crippen molar-refractivity contribution in [2.24, 2.45) is 5.92 Å². The molecule has 1 amide bonds. The van der Waals surface area contributed by atoms with E-state index in [9.17, 15) is 4.79 Å². The van der Waals surface area contributed by atoms with Crippen LogP contribution >= 0.6 is 0 Å². The van der Waals surface area contributed by atoms with Crippen molar-refractivity contribution >= 4 is 5.91 Å². The van der Waals surface area contributed by atoms with Crippen LogP contribution in [-0.2, 0) is 16.1 Å². The summed E-state index contributed by atoms with van der Waals surface area (Å²) in [4.78, 5) is 20.5. The second kappa shape index (κ2) is 5.83. The Labute approximate surface area is 116 Å². The Balaban J connectivity index is 1.70. The maximum atomic E-state index is 12.0. The molecule has 6 heteroatoms. The van der Waals surface area contributed by atoms with Gasteiger partial charge in [-0.25, -0.2) is 4.98 Å². The molecule has 1 saturated heterocycles. The monoisotopic (exact) mass is 273 g/mol. The largest absolute Gasteiger partial charge is 0.463 e. The van der Waals surface area contributed by atoms with Crippen molar-refractivity contribution in [1.29, 1.82) is 0 Å². The highest BCUT2D eigenvalue weighted by Gasteiger charge is 2.23. The summed E-state index contributed by atoms with van der Waals surface area (Å²) in [6.45, 7) is 1.48. The number of nitrogens with one attached hydrogen (secondary N) is 1. The molecule has 6 nitrogen and oxygen atoms in total. The molecule has 2 aromatic rings. The summed E-state index contributed by atoms with van der Waals surface area (Å²) in [6, 6.07) is 3.61. The number of aromatic nitrogens is 2. The van der Waals surface area contributed by atoms with Crippen molar-refractivity contribution in [3.63, 3.8) is 0 Å². The van der Waals surface area contributed by atoms with Crippen LogP contribution in [0.5, 0.6) is 0 Å². The molecular formula is C14H15N3O3. The smallest absolute Gasteiger partial charge is 0.225 e. The van der Waals surface area contributed by atoms with Gasteiger partial charge in [0.2, 0.25) is 5.91 Å². The van der Waals surface area contributed by atoms with Gasteiger partial charge in [-0.15, -0.1) is 0 Å². The first-order valence-electron chi connectivity index (χ1n) is 6.54. The molecule has 3 rings (SSSR count). The fourth-order valence-corrected chi connectivity index (χ4v) is 2.17. The standard InChI is InChI=1S/C14H15N3O3/c18-14(10-3-7-19-9-10)17-8-11-13(16-5-4-15-11)12-2-1-6-20-12/h1-2,4-6,10H,3,7-9H2,(H,17,18)/t10-/m0/s1. The molecule has 1 aliphatic rings. The minimum atomic E-state index is -0.0567. The van der Waals surface area contributed by atoms with E-state index >= 15 is 0 Å². The van der Waals surface area contributed by atoms with Crippen LogP contribution in [-0.4, -0.2) is 29.1 Å². The molecule has 2 aromatic heterocycles. The Bertz CT molecular complexity index is 577. The van der Waals surface area contributed by atoms with Gasteiger partial charge in [0.25, 0.3) is 0 Å². The number of ether oxygens (including phenoxy) is 1. The van der Waals surface area contributed by atoms with Crippen LogP contribution in [0.4, 0.5) is 0 Å². The zero-order valence-electron chi connectivity index (χ0n) is 10.9. The number of hydrogen-bond donors (Lipinski definition) is 1. The van der Waals surface area contributed by atoms with E-state index in [1.54, 1.807) is 24.7 Å². The van der Waals surface area contributed by atoms with Crippen LogP contribution in [0.1, 0.15) is 12.1 Å². The molecule has 0 radical (unpaired) electrons. The van der Waals surface area contributed by atoms with E-state index in [4.69, 9.17) is 9.15 Å². The minimum Gasteiger partial charge on any atom is -0.463 e. The average molecular weight is 273 g/mol. The minimum absolute atomic E-state index is 0.00134. The predicted octanol–water partition coefficient (Wildman–Crippen LogP) is 1.39. The first-order valence-corrected chi connectivity index (χ1v) is 6.54. The summed E-state index contributed by atoms with van der Waals surface area (Å²) in [5.74, 6) is 0.587. The Morgan fingerprint density at radius 2 is 2.30 bits per heavy atom. The van der Waals surface area contributed by atoms with Crippen molar-refractivity contribution in [2.45, 2.75) is 13.0 Å². The van der Waals surface area contributed by atoms with Crippen LogP contribution in [0.25, 0.3) is 11.5 Å². The second-order valence-electron chi connectivity index (χ2n) is 4.61. The van der Waals surface area contributed by atoms with Crippen molar-refractivity contribution in [3.8, 4) is 11.5 Å². The van der Waals surface area contributed by atoms with E-state index in [0.717, 1.165) is 6.42 Å². The molecule has 0 bridgehead atoms. The molecule has 1 atom stereocenters. The number of carbonyl (C=O) groups excluding carboxylic acids is 1. The Hall–Kier alpha value is -2.21. The van der Waals surface area contributed by atoms with E-state index in [-0.39, 0.29) is 11.8 Å². The maximum Gasteiger partial charge on any atom is 0.225 e. The van der Waals surface area contributed by atoms with Gasteiger partial charge in [-0.3, -0.25) is 9.78 Å². The van der Waals surface area contributed by atoms with Gasteiger partial charge in [0, 0.05) is 19.0 Å². The Morgan fingerprint density at radius 1 is 1.40 bits per heavy atom. The van der Waals surface area contributed by atoms with Gasteiger partial charge >= 0.3 is 0 Å². The fraction of sp³-hybridized carbons (Fsp3) is 0.357. The lowest BCUT2D eigenvalue weighted by molar-refractivity contribution is -0.125. The van der Waals surface area contributed by atoms with Crippen molar-refractivity contribution in [1.82, 2.24) is 15.3 Å². The van der Waals surface area contributed by atoms with Crippen LogP contribution in [0.2, 0.25) is 0 Å². The quantitative estimate of drug-likeness (QED) is 0.910. The van der Waals surface area contributed by atoms with Crippen LogP contribution < -0.4 is 5.32 Å². The van der Waals surface area contributed by atoms with E-state index in [2.05, 4.69) is 15.3 Å². The number of hydrogen-bond acceptors (Lipinski definition) is 5. The summed E-state index contributed by atoms with van der Waals surface area (Å²) in [7, 11) is 0. The molecule has 1 aliphatic heterocycles. The molecule has 0 aromatic carbocycles. The molecule has 20 heavy (non-hydrogen) atoms. The molecule has 1 N–H and O–H groups in total. The summed E-state index contributed by atoms with van der Waals surface area (Å²) in [6.07, 6.45) is 5.57. The summed E-state index contributed by atoms with van der Waals surface area (Å²) in [5, 5.41) is 2.88. The van der Waals surface area contributed by atoms with Crippen LogP contribution in [0, 0.1) is 5.92 Å². The van der Waals surface area contributed by atoms with E-state index in [1.165, 1.54) is 0 Å². The molecule has 104 valence electrons. The number of carbonyl (C=O) groups is 1. The molecule has 0 spiro atoms. The van der Waals surface area contributed by atoms with E-state index in [1.807, 2.05) is 6.07 Å². The van der Waals surface area contributed by atoms with Gasteiger partial charge in [0.1, 0.15) is 5.69 Å². The van der Waals surface area contributed by atoms with Crippen molar-refractivity contribution in [2.75, 3.05) is 13.2 Å². The second-order valence-corrected chi connectivity index (χ2v) is 4.61. The number of furan rings is 1. The van der Waals surface area contributed by atoms with Crippen molar-refractivity contribution < 1.29 is 13.9 Å². The maximum absolute atomic E-state index is 12.0. The number of nitrogens with zero attached hydrogens (tertiary/aromatic N) is 2. The number of amides is 1. The first kappa shape index (κ1) is 12.8. The van der Waals surface area contributed by atoms with E-state index < -0.39 is 0 Å². The fourth-order valence-electron chi connectivity index (χ4n) is 2.17. The molecular weight excluding hydrogens is 258 g/mol. The third-order valence-electron chi connectivity index (χ3n) is 3.26. The zero-order valence-corrected chi connectivity index (χ0v) is 10.9. The lowest BCUT2D eigenvalue weighted by Crippen LogP contribution is -2.31. The van der Waals surface area contributed by atoms with Crippen molar-refractivity contribution in [3.05, 3.63) is 36.5 Å². The first-order chi connectivity index (χ1) is 9.84. The van der Waals surface area contributed by atoms with Gasteiger partial charge in [0.05, 0.1) is 31.0 Å². The molecule has 0 aliphatic carbocycles. The summed E-state index contributed by atoms with van der Waals surface area (Å²) >= 11 is 0. The summed E-state index contributed by atoms with van der Waals surface area (Å²) < 4.78 is 10.5. The number of rotatable bonds is 4. The van der Waals surface area contributed by atoms with Gasteiger partial charge < -0.3 is 14.5 Å². The normalized spacial score (nSPS) is 18.1. The van der Waals surface area contributed by atoms with Crippen LogP contribution in [0.15, 0.2) is 35.2 Å². The Kier molecular flexibility index (Phi) is 3.73. The van der Waals surface area contributed by atoms with Gasteiger partial charge in [-0.2, -0.15) is 0 Å². The topological polar surface area (TPSA) is 77.3 Å². The highest BCUT2D eigenvalue weighted by molar-refractivity contribution is 5.79. The average Bonchev–Trinajstić information content (AvgIpc) is 3.17. The lowest BCUT2D eigenvalue weighted by Gasteiger charge is -2.10. The third kappa shape index (κ3) is 2.70. The molecule has 0 saturated carbocycles. The molecule has 3 heterocycles.